The Morgan fingerprint density at radius 2 is 2.25 bits per heavy atom. The lowest BCUT2D eigenvalue weighted by Gasteiger charge is -2.21. The Bertz CT molecular complexity index is 637. The quantitative estimate of drug-likeness (QED) is 0.621. The molecular formula is C10H10F3N3O4. The number of anilines is 1. The Balaban J connectivity index is 2.03. The van der Waals surface area contributed by atoms with Gasteiger partial charge in [-0.3, -0.25) is 4.57 Å². The Labute approximate surface area is 109 Å². The number of nitrogen functional groups attached to an aromatic ring is 1. The molecule has 110 valence electrons. The van der Waals surface area contributed by atoms with Crippen molar-refractivity contribution < 1.29 is 28.1 Å². The zero-order valence-corrected chi connectivity index (χ0v) is 9.83. The van der Waals surface area contributed by atoms with Gasteiger partial charge in [-0.2, -0.15) is 4.98 Å². The Kier molecular flexibility index (Phi) is 2.48. The average Bonchev–Trinajstić information content (AvgIpc) is 2.76. The molecule has 5 atom stereocenters. The normalized spacial score (nSPS) is 42.5. The molecule has 1 aliphatic heterocycles. The molecule has 5 unspecified atom stereocenters. The van der Waals surface area contributed by atoms with Crippen LogP contribution in [0, 0.1) is 5.82 Å². The summed E-state index contributed by atoms with van der Waals surface area (Å²) < 4.78 is 45.7. The van der Waals surface area contributed by atoms with E-state index in [0.29, 0.717) is 10.8 Å². The second-order valence-corrected chi connectivity index (χ2v) is 4.83. The summed E-state index contributed by atoms with van der Waals surface area (Å²) in [4.78, 5) is 14.7. The predicted molar refractivity (Wildman–Crippen MR) is 57.5 cm³/mol. The maximum absolute atomic E-state index is 14.1. The number of hydrogen-bond acceptors (Lipinski definition) is 6. The van der Waals surface area contributed by atoms with Crippen molar-refractivity contribution in [3.63, 3.8) is 0 Å². The highest BCUT2D eigenvalue weighted by Crippen LogP contribution is 2.63. The maximum Gasteiger partial charge on any atom is 0.351 e. The van der Waals surface area contributed by atoms with Gasteiger partial charge in [0.05, 0.1) is 6.20 Å². The standard InChI is InChI=1S/C10H10F3N3O4/c11-2-9-7(17)10(9,19)4(13)6(20-9)16-1-3(12)5(14)15-8(16)18/h1,4,6-7,17,19H,2H2,(H2,14,15,18). The van der Waals surface area contributed by atoms with Crippen molar-refractivity contribution in [2.75, 3.05) is 12.4 Å². The van der Waals surface area contributed by atoms with E-state index < -0.39 is 53.7 Å². The van der Waals surface area contributed by atoms with Gasteiger partial charge in [0.25, 0.3) is 0 Å². The number of halogens is 3. The molecule has 2 aliphatic rings. The molecule has 1 aromatic rings. The average molecular weight is 293 g/mol. The molecule has 0 bridgehead atoms. The van der Waals surface area contributed by atoms with E-state index in [1.807, 2.05) is 0 Å². The van der Waals surface area contributed by atoms with Crippen LogP contribution in [0.25, 0.3) is 0 Å². The largest absolute Gasteiger partial charge is 0.387 e. The number of hydrogen-bond donors (Lipinski definition) is 3. The first-order valence-electron chi connectivity index (χ1n) is 5.62. The van der Waals surface area contributed by atoms with Crippen LogP contribution in [-0.2, 0) is 4.74 Å². The van der Waals surface area contributed by atoms with E-state index in [4.69, 9.17) is 10.5 Å². The van der Waals surface area contributed by atoms with Crippen molar-refractivity contribution >= 4 is 5.82 Å². The molecule has 7 nitrogen and oxygen atoms in total. The second kappa shape index (κ2) is 3.71. The molecule has 0 radical (unpaired) electrons. The van der Waals surface area contributed by atoms with Crippen molar-refractivity contribution in [1.82, 2.24) is 9.55 Å². The van der Waals surface area contributed by atoms with Crippen LogP contribution in [0.15, 0.2) is 11.0 Å². The van der Waals surface area contributed by atoms with Gasteiger partial charge >= 0.3 is 5.69 Å². The summed E-state index contributed by atoms with van der Waals surface area (Å²) in [5.74, 6) is -1.77. The van der Waals surface area contributed by atoms with E-state index in [0.717, 1.165) is 0 Å². The predicted octanol–water partition coefficient (Wildman–Crippen LogP) is -1.35. The molecule has 3 rings (SSSR count). The van der Waals surface area contributed by atoms with Crippen molar-refractivity contribution in [3.05, 3.63) is 22.5 Å². The topological polar surface area (TPSA) is 111 Å². The number of fused-ring (bicyclic) bond motifs is 1. The molecule has 0 spiro atoms. The zero-order valence-electron chi connectivity index (χ0n) is 9.83. The van der Waals surface area contributed by atoms with Gasteiger partial charge in [-0.1, -0.05) is 0 Å². The van der Waals surface area contributed by atoms with Gasteiger partial charge in [-0.05, 0) is 0 Å². The molecule has 0 aromatic carbocycles. The van der Waals surface area contributed by atoms with Gasteiger partial charge in [-0.25, -0.2) is 18.0 Å². The van der Waals surface area contributed by atoms with Crippen molar-refractivity contribution in [2.45, 2.75) is 29.7 Å². The third-order valence-corrected chi connectivity index (χ3v) is 3.86. The number of aromatic nitrogens is 2. The summed E-state index contributed by atoms with van der Waals surface area (Å²) in [6.45, 7) is -1.36. The third-order valence-electron chi connectivity index (χ3n) is 3.86. The summed E-state index contributed by atoms with van der Waals surface area (Å²) in [5.41, 5.74) is -0.658. The number of aliphatic hydroxyl groups is 2. The van der Waals surface area contributed by atoms with Crippen LogP contribution in [0.2, 0.25) is 0 Å². The van der Waals surface area contributed by atoms with Gasteiger partial charge in [-0.15, -0.1) is 0 Å². The van der Waals surface area contributed by atoms with Gasteiger partial charge in [0.15, 0.2) is 35.2 Å². The number of nitrogens with two attached hydrogens (primary N) is 1. The molecule has 2 heterocycles. The van der Waals surface area contributed by atoms with Crippen LogP contribution in [0.3, 0.4) is 0 Å². The number of rotatable bonds is 2. The zero-order chi connectivity index (χ0) is 14.9. The van der Waals surface area contributed by atoms with Crippen LogP contribution in [0.5, 0.6) is 0 Å². The molecular weight excluding hydrogens is 283 g/mol. The number of aliphatic hydroxyl groups excluding tert-OH is 1. The fourth-order valence-electron chi connectivity index (χ4n) is 2.58. The summed E-state index contributed by atoms with van der Waals surface area (Å²) in [5, 5.41) is 19.3. The molecule has 1 aromatic heterocycles. The Morgan fingerprint density at radius 1 is 1.60 bits per heavy atom. The van der Waals surface area contributed by atoms with Crippen LogP contribution >= 0.6 is 0 Å². The van der Waals surface area contributed by atoms with Gasteiger partial charge in [0.2, 0.25) is 0 Å². The summed E-state index contributed by atoms with van der Waals surface area (Å²) in [6, 6.07) is 0. The van der Waals surface area contributed by atoms with Crippen LogP contribution < -0.4 is 11.4 Å². The first-order chi connectivity index (χ1) is 9.29. The highest BCUT2D eigenvalue weighted by atomic mass is 19.1. The molecule has 20 heavy (non-hydrogen) atoms. The highest BCUT2D eigenvalue weighted by molar-refractivity contribution is 5.36. The first kappa shape index (κ1) is 13.3. The van der Waals surface area contributed by atoms with Crippen molar-refractivity contribution in [3.8, 4) is 0 Å². The minimum absolute atomic E-state index is 0.421. The minimum atomic E-state index is -2.47. The third kappa shape index (κ3) is 1.26. The smallest absolute Gasteiger partial charge is 0.351 e. The summed E-state index contributed by atoms with van der Waals surface area (Å²) in [7, 11) is 0. The van der Waals surface area contributed by atoms with E-state index in [9.17, 15) is 28.2 Å². The molecule has 1 aliphatic carbocycles. The van der Waals surface area contributed by atoms with E-state index in [1.54, 1.807) is 0 Å². The first-order valence-corrected chi connectivity index (χ1v) is 5.62. The van der Waals surface area contributed by atoms with Gasteiger partial charge in [0.1, 0.15) is 12.8 Å². The highest BCUT2D eigenvalue weighted by Gasteiger charge is 2.88. The molecule has 0 amide bonds. The molecule has 1 saturated heterocycles. The molecule has 2 fully saturated rings. The number of ether oxygens (including phenoxy) is 1. The van der Waals surface area contributed by atoms with E-state index >= 15 is 0 Å². The minimum Gasteiger partial charge on any atom is -0.387 e. The van der Waals surface area contributed by atoms with Gasteiger partial charge in [0, 0.05) is 0 Å². The van der Waals surface area contributed by atoms with Crippen molar-refractivity contribution in [1.29, 1.82) is 0 Å². The molecule has 1 saturated carbocycles. The lowest BCUT2D eigenvalue weighted by Crippen LogP contribution is -2.38. The molecule has 4 N–H and O–H groups in total. The second-order valence-electron chi connectivity index (χ2n) is 4.83. The molecule has 10 heteroatoms. The Morgan fingerprint density at radius 3 is 2.80 bits per heavy atom. The van der Waals surface area contributed by atoms with Crippen LogP contribution in [-0.4, -0.2) is 49.9 Å². The fourth-order valence-corrected chi connectivity index (χ4v) is 2.58. The van der Waals surface area contributed by atoms with E-state index in [1.165, 1.54) is 0 Å². The maximum atomic E-state index is 14.1. The lowest BCUT2D eigenvalue weighted by atomic mass is 10.1. The summed E-state index contributed by atoms with van der Waals surface area (Å²) in [6.07, 6.45) is -5.33. The van der Waals surface area contributed by atoms with E-state index in [-0.39, 0.29) is 0 Å². The number of alkyl halides is 2. The summed E-state index contributed by atoms with van der Waals surface area (Å²) >= 11 is 0. The monoisotopic (exact) mass is 293 g/mol. The number of nitrogens with zero attached hydrogens (tertiary/aromatic N) is 2. The van der Waals surface area contributed by atoms with Crippen molar-refractivity contribution in [2.24, 2.45) is 0 Å². The van der Waals surface area contributed by atoms with Gasteiger partial charge < -0.3 is 20.7 Å². The van der Waals surface area contributed by atoms with Crippen LogP contribution in [0.1, 0.15) is 6.23 Å². The SMILES string of the molecule is Nc1nc(=O)n(C2OC3(CF)C(O)C3(O)C2F)cc1F. The lowest BCUT2D eigenvalue weighted by molar-refractivity contribution is -0.0990. The fraction of sp³-hybridized carbons (Fsp3) is 0.600. The van der Waals surface area contributed by atoms with E-state index in [2.05, 4.69) is 4.98 Å². The Hall–Kier alpha value is -1.65. The van der Waals surface area contributed by atoms with Crippen LogP contribution in [0.4, 0.5) is 19.0 Å².